The Morgan fingerprint density at radius 1 is 0.679 bits per heavy atom. The largest absolute Gasteiger partial charge is 0.427 e. The minimum atomic E-state index is -0.250. The molecule has 0 bridgehead atoms. The first kappa shape index (κ1) is 24.9. The average molecular weight is 427 g/mol. The first-order valence-corrected chi connectivity index (χ1v) is 12.9. The Kier molecular flexibility index (Phi) is 14.9. The summed E-state index contributed by atoms with van der Waals surface area (Å²) in [4.78, 5) is 23.4. The van der Waals surface area contributed by atoms with E-state index in [-0.39, 0.29) is 11.9 Å². The number of rotatable bonds is 16. The lowest BCUT2D eigenvalue weighted by molar-refractivity contribution is -0.135. The van der Waals surface area contributed by atoms with Crippen molar-refractivity contribution in [2.75, 3.05) is 11.5 Å². The van der Waals surface area contributed by atoms with Crippen molar-refractivity contribution < 1.29 is 19.1 Å². The molecule has 1 aromatic rings. The molecule has 0 spiro atoms. The van der Waals surface area contributed by atoms with Crippen LogP contribution in [0.3, 0.4) is 0 Å². The second-order valence-corrected chi connectivity index (χ2v) is 9.39. The van der Waals surface area contributed by atoms with E-state index in [2.05, 4.69) is 6.92 Å². The SMILES string of the molecule is CCCCCCSSCCCCCC(=O)Oc1ccc(OC(=O)CCC)cc1. The van der Waals surface area contributed by atoms with Crippen molar-refractivity contribution in [1.82, 2.24) is 0 Å². The summed E-state index contributed by atoms with van der Waals surface area (Å²) in [5, 5.41) is 0. The highest BCUT2D eigenvalue weighted by Gasteiger charge is 2.07. The average Bonchev–Trinajstić information content (AvgIpc) is 2.68. The van der Waals surface area contributed by atoms with Gasteiger partial charge >= 0.3 is 11.9 Å². The summed E-state index contributed by atoms with van der Waals surface area (Å²) in [5.41, 5.74) is 0. The van der Waals surface area contributed by atoms with Crippen molar-refractivity contribution in [2.45, 2.75) is 78.1 Å². The zero-order chi connectivity index (χ0) is 20.5. The first-order valence-electron chi connectivity index (χ1n) is 10.4. The van der Waals surface area contributed by atoms with Gasteiger partial charge in [0.1, 0.15) is 11.5 Å². The molecule has 0 aliphatic heterocycles. The van der Waals surface area contributed by atoms with Gasteiger partial charge in [-0.1, -0.05) is 61.1 Å². The second kappa shape index (κ2) is 16.8. The maximum absolute atomic E-state index is 11.9. The number of carbonyl (C=O) groups excluding carboxylic acids is 2. The molecule has 0 saturated carbocycles. The molecule has 0 amide bonds. The van der Waals surface area contributed by atoms with E-state index >= 15 is 0 Å². The molecule has 0 saturated heterocycles. The van der Waals surface area contributed by atoms with Crippen molar-refractivity contribution in [3.8, 4) is 11.5 Å². The zero-order valence-electron chi connectivity index (χ0n) is 17.2. The molecule has 158 valence electrons. The highest BCUT2D eigenvalue weighted by molar-refractivity contribution is 8.76. The van der Waals surface area contributed by atoms with Crippen molar-refractivity contribution in [3.63, 3.8) is 0 Å². The Hall–Kier alpha value is -1.14. The Labute approximate surface area is 177 Å². The normalized spacial score (nSPS) is 10.6. The maximum atomic E-state index is 11.9. The fraction of sp³-hybridized carbons (Fsp3) is 0.636. The zero-order valence-corrected chi connectivity index (χ0v) is 18.9. The van der Waals surface area contributed by atoms with Crippen molar-refractivity contribution in [3.05, 3.63) is 24.3 Å². The molecule has 4 nitrogen and oxygen atoms in total. The molecule has 0 heterocycles. The predicted octanol–water partition coefficient (Wildman–Crippen LogP) is 6.82. The summed E-state index contributed by atoms with van der Waals surface area (Å²) in [6, 6.07) is 6.60. The van der Waals surface area contributed by atoms with Crippen LogP contribution < -0.4 is 9.47 Å². The van der Waals surface area contributed by atoms with Gasteiger partial charge in [0.05, 0.1) is 0 Å². The smallest absolute Gasteiger partial charge is 0.311 e. The van der Waals surface area contributed by atoms with Crippen LogP contribution in [0.25, 0.3) is 0 Å². The van der Waals surface area contributed by atoms with E-state index in [0.29, 0.717) is 24.3 Å². The lowest BCUT2D eigenvalue weighted by Crippen LogP contribution is -2.08. The topological polar surface area (TPSA) is 52.6 Å². The van der Waals surface area contributed by atoms with Crippen molar-refractivity contribution in [2.24, 2.45) is 0 Å². The van der Waals surface area contributed by atoms with Crippen LogP contribution in [0.2, 0.25) is 0 Å². The third-order valence-electron chi connectivity index (χ3n) is 4.01. The molecule has 0 N–H and O–H groups in total. The standard InChI is InChI=1S/C22H34O4S2/c1-3-5-6-9-17-27-28-18-10-7-8-12-22(24)26-20-15-13-19(14-16-20)25-21(23)11-4-2/h13-16H,3-12,17-18H2,1-2H3. The Bertz CT molecular complexity index is 546. The van der Waals surface area contributed by atoms with Gasteiger partial charge in [-0.3, -0.25) is 9.59 Å². The Balaban J connectivity index is 2.05. The van der Waals surface area contributed by atoms with Gasteiger partial charge in [0.25, 0.3) is 0 Å². The molecular formula is C22H34O4S2. The van der Waals surface area contributed by atoms with Gasteiger partial charge in [-0.2, -0.15) is 0 Å². The molecule has 0 aliphatic rings. The summed E-state index contributed by atoms with van der Waals surface area (Å²) in [7, 11) is 3.92. The van der Waals surface area contributed by atoms with Crippen LogP contribution in [-0.4, -0.2) is 23.4 Å². The predicted molar refractivity (Wildman–Crippen MR) is 120 cm³/mol. The van der Waals surface area contributed by atoms with Gasteiger partial charge in [0.15, 0.2) is 0 Å². The fourth-order valence-electron chi connectivity index (χ4n) is 2.46. The lowest BCUT2D eigenvalue weighted by Gasteiger charge is -2.06. The molecule has 0 radical (unpaired) electrons. The van der Waals surface area contributed by atoms with Gasteiger partial charge in [-0.25, -0.2) is 0 Å². The molecule has 1 rings (SSSR count). The lowest BCUT2D eigenvalue weighted by atomic mass is 10.2. The number of benzene rings is 1. The quantitative estimate of drug-likeness (QED) is 0.125. The molecule has 0 atom stereocenters. The summed E-state index contributed by atoms with van der Waals surface area (Å²) in [6.07, 6.45) is 9.92. The van der Waals surface area contributed by atoms with E-state index in [1.54, 1.807) is 24.3 Å². The summed E-state index contributed by atoms with van der Waals surface area (Å²) < 4.78 is 10.5. The van der Waals surface area contributed by atoms with Crippen LogP contribution in [0.15, 0.2) is 24.3 Å². The molecule has 0 fully saturated rings. The molecule has 0 aliphatic carbocycles. The molecule has 6 heteroatoms. The molecule has 0 unspecified atom stereocenters. The third kappa shape index (κ3) is 13.1. The Morgan fingerprint density at radius 3 is 1.68 bits per heavy atom. The third-order valence-corrected chi connectivity index (χ3v) is 6.59. The van der Waals surface area contributed by atoms with Crippen molar-refractivity contribution in [1.29, 1.82) is 0 Å². The van der Waals surface area contributed by atoms with Gasteiger partial charge in [0.2, 0.25) is 0 Å². The number of ether oxygens (including phenoxy) is 2. The minimum Gasteiger partial charge on any atom is -0.427 e. The van der Waals surface area contributed by atoms with E-state index in [4.69, 9.17) is 9.47 Å². The fourth-order valence-corrected chi connectivity index (χ4v) is 4.75. The van der Waals surface area contributed by atoms with Crippen LogP contribution in [0, 0.1) is 0 Å². The van der Waals surface area contributed by atoms with Gasteiger partial charge in [0, 0.05) is 24.3 Å². The number of unbranched alkanes of at least 4 members (excludes halogenated alkanes) is 5. The van der Waals surface area contributed by atoms with E-state index < -0.39 is 0 Å². The van der Waals surface area contributed by atoms with Gasteiger partial charge in [-0.05, 0) is 49.9 Å². The second-order valence-electron chi connectivity index (χ2n) is 6.68. The van der Waals surface area contributed by atoms with Crippen LogP contribution in [0.5, 0.6) is 11.5 Å². The van der Waals surface area contributed by atoms with E-state index in [1.165, 1.54) is 31.4 Å². The molecule has 28 heavy (non-hydrogen) atoms. The summed E-state index contributed by atoms with van der Waals surface area (Å²) >= 11 is 0. The van der Waals surface area contributed by atoms with Gasteiger partial charge in [-0.15, -0.1) is 0 Å². The highest BCUT2D eigenvalue weighted by Crippen LogP contribution is 2.24. The number of hydrogen-bond acceptors (Lipinski definition) is 6. The van der Waals surface area contributed by atoms with Crippen molar-refractivity contribution >= 4 is 33.5 Å². The number of carbonyl (C=O) groups is 2. The van der Waals surface area contributed by atoms with Crippen LogP contribution in [0.4, 0.5) is 0 Å². The first-order chi connectivity index (χ1) is 13.7. The van der Waals surface area contributed by atoms with Gasteiger partial charge < -0.3 is 9.47 Å². The summed E-state index contributed by atoms with van der Waals surface area (Å²) in [6.45, 7) is 4.16. The number of esters is 2. The number of hydrogen-bond donors (Lipinski definition) is 0. The highest BCUT2D eigenvalue weighted by atomic mass is 33.1. The van der Waals surface area contributed by atoms with Crippen LogP contribution in [-0.2, 0) is 9.59 Å². The summed E-state index contributed by atoms with van der Waals surface area (Å²) in [5.74, 6) is 2.88. The van der Waals surface area contributed by atoms with E-state index in [0.717, 1.165) is 31.4 Å². The monoisotopic (exact) mass is 426 g/mol. The van der Waals surface area contributed by atoms with E-state index in [1.807, 2.05) is 28.5 Å². The molecule has 1 aromatic carbocycles. The van der Waals surface area contributed by atoms with Crippen LogP contribution >= 0.6 is 21.6 Å². The molecule has 0 aromatic heterocycles. The van der Waals surface area contributed by atoms with Crippen LogP contribution in [0.1, 0.15) is 78.1 Å². The Morgan fingerprint density at radius 2 is 1.18 bits per heavy atom. The minimum absolute atomic E-state index is 0.214. The molecular weight excluding hydrogens is 392 g/mol. The van der Waals surface area contributed by atoms with E-state index in [9.17, 15) is 9.59 Å². The maximum Gasteiger partial charge on any atom is 0.311 e.